The van der Waals surface area contributed by atoms with Crippen LogP contribution in [0.5, 0.6) is 0 Å². The monoisotopic (exact) mass is 181 g/mol. The minimum Gasteiger partial charge on any atom is -0.438 e. The maximum Gasteiger partial charge on any atom is 0.335 e. The van der Waals surface area contributed by atoms with Crippen molar-refractivity contribution in [1.29, 1.82) is 0 Å². The van der Waals surface area contributed by atoms with E-state index in [9.17, 15) is 4.79 Å². The smallest absolute Gasteiger partial charge is 0.335 e. The van der Waals surface area contributed by atoms with Gasteiger partial charge in [-0.1, -0.05) is 19.7 Å². The van der Waals surface area contributed by atoms with Gasteiger partial charge in [-0.25, -0.2) is 4.79 Å². The van der Waals surface area contributed by atoms with E-state index in [0.717, 1.165) is 0 Å². The number of nitrogens with zero attached hydrogens (tertiary/aromatic N) is 1. The number of esters is 1. The highest BCUT2D eigenvalue weighted by Crippen LogP contribution is 2.04. The van der Waals surface area contributed by atoms with E-state index in [0.29, 0.717) is 5.57 Å². The van der Waals surface area contributed by atoms with Crippen molar-refractivity contribution in [2.45, 2.75) is 20.1 Å². The van der Waals surface area contributed by atoms with Crippen LogP contribution in [0.4, 0.5) is 0 Å². The summed E-state index contributed by atoms with van der Waals surface area (Å²) in [5, 5.41) is 0. The highest BCUT2D eigenvalue weighted by atomic mass is 16.6. The van der Waals surface area contributed by atoms with Crippen LogP contribution in [0.1, 0.15) is 13.8 Å². The van der Waals surface area contributed by atoms with E-state index in [2.05, 4.69) is 19.7 Å². The molecular formula is C10H15NO2. The lowest BCUT2D eigenvalue weighted by molar-refractivity contribution is -0.148. The summed E-state index contributed by atoms with van der Waals surface area (Å²) in [5.74, 6) is -0.416. The van der Waals surface area contributed by atoms with Crippen molar-refractivity contribution in [3.8, 4) is 0 Å². The molecule has 3 nitrogen and oxygen atoms in total. The lowest BCUT2D eigenvalue weighted by Crippen LogP contribution is -2.28. The topological polar surface area (TPSA) is 29.5 Å². The molecule has 0 fully saturated rings. The van der Waals surface area contributed by atoms with Crippen molar-refractivity contribution in [2.75, 3.05) is 0 Å². The Hall–Kier alpha value is -1.51. The van der Waals surface area contributed by atoms with E-state index in [1.165, 1.54) is 12.4 Å². The van der Waals surface area contributed by atoms with Gasteiger partial charge in [0, 0.05) is 5.57 Å². The highest BCUT2D eigenvalue weighted by Gasteiger charge is 2.12. The molecule has 0 aliphatic carbocycles. The first-order valence-corrected chi connectivity index (χ1v) is 3.92. The highest BCUT2D eigenvalue weighted by molar-refractivity contribution is 5.87. The minimum atomic E-state index is -0.416. The summed E-state index contributed by atoms with van der Waals surface area (Å²) in [4.78, 5) is 12.7. The molecule has 0 aromatic carbocycles. The SMILES string of the molecule is C=CN(C=C)C(C)OC(=O)C(=C)C. The third-order valence-corrected chi connectivity index (χ3v) is 1.47. The Balaban J connectivity index is 4.20. The van der Waals surface area contributed by atoms with E-state index in [1.807, 2.05) is 0 Å². The molecule has 0 aromatic heterocycles. The Kier molecular flexibility index (Phi) is 4.59. The van der Waals surface area contributed by atoms with Gasteiger partial charge < -0.3 is 9.64 Å². The number of carbonyl (C=O) groups excluding carboxylic acids is 1. The molecule has 0 bridgehead atoms. The van der Waals surface area contributed by atoms with E-state index in [-0.39, 0.29) is 0 Å². The molecule has 13 heavy (non-hydrogen) atoms. The van der Waals surface area contributed by atoms with E-state index < -0.39 is 12.2 Å². The summed E-state index contributed by atoms with van der Waals surface area (Å²) in [6.07, 6.45) is 2.66. The molecule has 72 valence electrons. The molecule has 0 rings (SSSR count). The maximum atomic E-state index is 11.1. The molecule has 0 aliphatic heterocycles. The Morgan fingerprint density at radius 1 is 1.46 bits per heavy atom. The number of rotatable bonds is 5. The second-order valence-corrected chi connectivity index (χ2v) is 2.60. The largest absolute Gasteiger partial charge is 0.438 e. The number of carbonyl (C=O) groups is 1. The van der Waals surface area contributed by atoms with Crippen LogP contribution in [0.15, 0.2) is 37.7 Å². The third kappa shape index (κ3) is 3.60. The number of ether oxygens (including phenoxy) is 1. The van der Waals surface area contributed by atoms with Gasteiger partial charge in [-0.15, -0.1) is 0 Å². The first kappa shape index (κ1) is 11.5. The van der Waals surface area contributed by atoms with Gasteiger partial charge in [-0.05, 0) is 26.2 Å². The molecule has 0 aliphatic rings. The van der Waals surface area contributed by atoms with E-state index in [4.69, 9.17) is 4.74 Å². The molecule has 0 saturated carbocycles. The number of hydrogen-bond acceptors (Lipinski definition) is 3. The van der Waals surface area contributed by atoms with Gasteiger partial charge in [0.2, 0.25) is 0 Å². The van der Waals surface area contributed by atoms with Crippen LogP contribution in [-0.4, -0.2) is 17.1 Å². The first-order chi connectivity index (χ1) is 6.02. The summed E-state index contributed by atoms with van der Waals surface area (Å²) in [7, 11) is 0. The van der Waals surface area contributed by atoms with Crippen LogP contribution in [0.3, 0.4) is 0 Å². The second kappa shape index (κ2) is 5.19. The molecule has 0 saturated heterocycles. The van der Waals surface area contributed by atoms with Gasteiger partial charge in [-0.3, -0.25) is 0 Å². The molecule has 0 amide bonds. The fraction of sp³-hybridized carbons (Fsp3) is 0.300. The van der Waals surface area contributed by atoms with Crippen LogP contribution in [0, 0.1) is 0 Å². The van der Waals surface area contributed by atoms with Crippen LogP contribution >= 0.6 is 0 Å². The summed E-state index contributed by atoms with van der Waals surface area (Å²) in [5.41, 5.74) is 0.375. The number of hydrogen-bond donors (Lipinski definition) is 0. The van der Waals surface area contributed by atoms with E-state index in [1.54, 1.807) is 18.7 Å². The van der Waals surface area contributed by atoms with Crippen molar-refractivity contribution < 1.29 is 9.53 Å². The standard InChI is InChI=1S/C10H15NO2/c1-6-11(7-2)9(5)13-10(12)8(3)4/h6-7,9H,1-3H2,4-5H3. The van der Waals surface area contributed by atoms with Gasteiger partial charge in [0.25, 0.3) is 0 Å². The molecule has 0 radical (unpaired) electrons. The molecule has 0 spiro atoms. The molecule has 0 N–H and O–H groups in total. The van der Waals surface area contributed by atoms with E-state index >= 15 is 0 Å². The fourth-order valence-corrected chi connectivity index (χ4v) is 0.688. The zero-order valence-corrected chi connectivity index (χ0v) is 8.12. The quantitative estimate of drug-likeness (QED) is 0.369. The third-order valence-electron chi connectivity index (χ3n) is 1.47. The van der Waals surface area contributed by atoms with Gasteiger partial charge in [0.1, 0.15) is 0 Å². The lowest BCUT2D eigenvalue weighted by atomic mass is 10.4. The summed E-state index contributed by atoms with van der Waals surface area (Å²) in [6.45, 7) is 13.9. The lowest BCUT2D eigenvalue weighted by Gasteiger charge is -2.22. The van der Waals surface area contributed by atoms with Crippen molar-refractivity contribution in [3.05, 3.63) is 37.7 Å². The van der Waals surface area contributed by atoms with Crippen LogP contribution in [-0.2, 0) is 9.53 Å². The van der Waals surface area contributed by atoms with Crippen LogP contribution in [0.25, 0.3) is 0 Å². The molecular weight excluding hydrogens is 166 g/mol. The predicted molar refractivity (Wildman–Crippen MR) is 52.6 cm³/mol. The van der Waals surface area contributed by atoms with Gasteiger partial charge in [0.05, 0.1) is 0 Å². The molecule has 0 heterocycles. The van der Waals surface area contributed by atoms with Crippen molar-refractivity contribution in [2.24, 2.45) is 0 Å². The second-order valence-electron chi connectivity index (χ2n) is 2.60. The zero-order valence-electron chi connectivity index (χ0n) is 8.12. The predicted octanol–water partition coefficient (Wildman–Crippen LogP) is 2.04. The fourth-order valence-electron chi connectivity index (χ4n) is 0.688. The summed E-state index contributed by atoms with van der Waals surface area (Å²) in [6, 6.07) is 0. The van der Waals surface area contributed by atoms with Gasteiger partial charge >= 0.3 is 5.97 Å². The minimum absolute atomic E-state index is 0.375. The summed E-state index contributed by atoms with van der Waals surface area (Å²) < 4.78 is 5.00. The Morgan fingerprint density at radius 2 is 1.92 bits per heavy atom. The van der Waals surface area contributed by atoms with Crippen molar-refractivity contribution in [1.82, 2.24) is 4.90 Å². The van der Waals surface area contributed by atoms with Crippen LogP contribution < -0.4 is 0 Å². The average Bonchev–Trinajstić information content (AvgIpc) is 2.06. The van der Waals surface area contributed by atoms with Crippen LogP contribution in [0.2, 0.25) is 0 Å². The Morgan fingerprint density at radius 3 is 2.23 bits per heavy atom. The maximum absolute atomic E-state index is 11.1. The van der Waals surface area contributed by atoms with Gasteiger partial charge in [0.15, 0.2) is 6.23 Å². The Bertz CT molecular complexity index is 225. The van der Waals surface area contributed by atoms with Crippen molar-refractivity contribution >= 4 is 5.97 Å². The Labute approximate surface area is 79.0 Å². The van der Waals surface area contributed by atoms with Crippen molar-refractivity contribution in [3.63, 3.8) is 0 Å². The molecule has 0 aromatic rings. The first-order valence-electron chi connectivity index (χ1n) is 3.92. The molecule has 1 unspecified atom stereocenters. The van der Waals surface area contributed by atoms with Gasteiger partial charge in [-0.2, -0.15) is 0 Å². The average molecular weight is 181 g/mol. The molecule has 3 heteroatoms. The zero-order chi connectivity index (χ0) is 10.4. The molecule has 1 atom stereocenters. The normalized spacial score (nSPS) is 11.2. The summed E-state index contributed by atoms with van der Waals surface area (Å²) >= 11 is 0.